The molecule has 0 unspecified atom stereocenters. The molecule has 2 fully saturated rings. The highest BCUT2D eigenvalue weighted by Gasteiger charge is 2.58. The van der Waals surface area contributed by atoms with Gasteiger partial charge in [-0.05, 0) is 61.2 Å². The highest BCUT2D eigenvalue weighted by atomic mass is 16.3. The van der Waals surface area contributed by atoms with Gasteiger partial charge in [0.1, 0.15) is 0 Å². The van der Waals surface area contributed by atoms with E-state index in [1.807, 2.05) is 6.92 Å². The van der Waals surface area contributed by atoms with Crippen LogP contribution in [-0.2, 0) is 9.59 Å². The Morgan fingerprint density at radius 3 is 2.45 bits per heavy atom. The fraction of sp³-hybridized carbons (Fsp3) is 0.833. The maximum atomic E-state index is 12.9. The molecule has 3 N–H and O–H groups in total. The smallest absolute Gasteiger partial charge is 0.238 e. The Bertz CT molecular complexity index is 707. The van der Waals surface area contributed by atoms with E-state index in [1.54, 1.807) is 6.08 Å². The van der Waals surface area contributed by atoms with E-state index in [1.165, 1.54) is 6.42 Å². The molecule has 3 aliphatic rings. The van der Waals surface area contributed by atoms with Crippen LogP contribution in [0.5, 0.6) is 0 Å². The summed E-state index contributed by atoms with van der Waals surface area (Å²) < 4.78 is 0. The largest absolute Gasteiger partial charge is 0.390 e. The molecule has 0 aromatic rings. The molecule has 5 heteroatoms. The van der Waals surface area contributed by atoms with Crippen molar-refractivity contribution in [3.8, 4) is 0 Å². The van der Waals surface area contributed by atoms with Gasteiger partial charge in [0.2, 0.25) is 5.91 Å². The lowest BCUT2D eigenvalue weighted by molar-refractivity contribution is -0.173. The van der Waals surface area contributed by atoms with Crippen LogP contribution in [0.2, 0.25) is 0 Å². The summed E-state index contributed by atoms with van der Waals surface area (Å²) in [5.41, 5.74) is 5.83. The van der Waals surface area contributed by atoms with Gasteiger partial charge in [-0.25, -0.2) is 0 Å². The second-order valence-electron chi connectivity index (χ2n) is 11.9. The third kappa shape index (κ3) is 4.55. The molecule has 1 amide bonds. The Morgan fingerprint density at radius 2 is 1.79 bits per heavy atom. The summed E-state index contributed by atoms with van der Waals surface area (Å²) >= 11 is 0. The Kier molecular flexibility index (Phi) is 5.70. The predicted octanol–water partition coefficient (Wildman–Crippen LogP) is 4.26. The second-order valence-corrected chi connectivity index (χ2v) is 11.9. The number of carbonyl (C=O) groups is 2. The van der Waals surface area contributed by atoms with Gasteiger partial charge in [-0.15, -0.1) is 0 Å². The number of nitrogens with one attached hydrogen (secondary N) is 2. The number of hydrogen-bond donors (Lipinski definition) is 3. The third-order valence-corrected chi connectivity index (χ3v) is 8.17. The van der Waals surface area contributed by atoms with Crippen molar-refractivity contribution in [3.63, 3.8) is 0 Å². The van der Waals surface area contributed by atoms with Gasteiger partial charge in [-0.3, -0.25) is 15.0 Å². The normalized spacial score (nSPS) is 38.6. The molecule has 0 bridgehead atoms. The first-order chi connectivity index (χ1) is 13.3. The van der Waals surface area contributed by atoms with E-state index < -0.39 is 5.60 Å². The molecule has 0 aliphatic heterocycles. The average Bonchev–Trinajstić information content (AvgIpc) is 2.53. The average molecular weight is 405 g/mol. The number of hydrazine groups is 1. The van der Waals surface area contributed by atoms with Crippen LogP contribution in [-0.4, -0.2) is 22.4 Å². The molecule has 0 heterocycles. The predicted molar refractivity (Wildman–Crippen MR) is 115 cm³/mol. The zero-order chi connectivity index (χ0) is 21.7. The van der Waals surface area contributed by atoms with Crippen LogP contribution < -0.4 is 10.9 Å². The van der Waals surface area contributed by atoms with Crippen LogP contribution in [0.3, 0.4) is 0 Å². The topological polar surface area (TPSA) is 78.4 Å². The van der Waals surface area contributed by atoms with E-state index in [4.69, 9.17) is 0 Å². The van der Waals surface area contributed by atoms with Gasteiger partial charge >= 0.3 is 0 Å². The summed E-state index contributed by atoms with van der Waals surface area (Å²) in [6.45, 7) is 13.0. The number of allylic oxidation sites excluding steroid dienone is 2. The number of amides is 1. The van der Waals surface area contributed by atoms with Crippen LogP contribution in [0.25, 0.3) is 0 Å². The van der Waals surface area contributed by atoms with E-state index in [9.17, 15) is 14.7 Å². The van der Waals surface area contributed by atoms with Crippen LogP contribution in [0, 0.1) is 28.1 Å². The van der Waals surface area contributed by atoms with Crippen LogP contribution in [0.15, 0.2) is 11.8 Å². The Hall–Kier alpha value is -1.36. The molecule has 164 valence electrons. The standard InChI is InChI=1S/C24H40N2O3/c1-21(2)14-16(12-17(27)15-21)25-26-20(28)13-19-23(5)10-7-9-22(3,4)18(23)8-11-24(19,6)29/h12,18-19,25,29H,7-11,13-15H2,1-6H3,(H,26,28)/t18-,19+,23+,24-/m1/s1. The first kappa shape index (κ1) is 22.3. The molecule has 0 radical (unpaired) electrons. The first-order valence-corrected chi connectivity index (χ1v) is 11.3. The summed E-state index contributed by atoms with van der Waals surface area (Å²) in [6.07, 6.45) is 8.37. The minimum Gasteiger partial charge on any atom is -0.390 e. The van der Waals surface area contributed by atoms with Crippen molar-refractivity contribution in [1.29, 1.82) is 0 Å². The van der Waals surface area contributed by atoms with Crippen molar-refractivity contribution >= 4 is 11.7 Å². The highest BCUT2D eigenvalue weighted by Crippen LogP contribution is 2.62. The number of ketones is 1. The number of hydrogen-bond acceptors (Lipinski definition) is 4. The lowest BCUT2D eigenvalue weighted by Gasteiger charge is -2.61. The van der Waals surface area contributed by atoms with Crippen LogP contribution in [0.4, 0.5) is 0 Å². The maximum absolute atomic E-state index is 12.9. The van der Waals surface area contributed by atoms with Crippen molar-refractivity contribution < 1.29 is 14.7 Å². The van der Waals surface area contributed by atoms with Crippen LogP contribution in [0.1, 0.15) is 92.9 Å². The summed E-state index contributed by atoms with van der Waals surface area (Å²) in [6, 6.07) is 0. The molecule has 3 rings (SSSR count). The van der Waals surface area contributed by atoms with Crippen molar-refractivity contribution in [2.24, 2.45) is 28.1 Å². The minimum atomic E-state index is -0.835. The minimum absolute atomic E-state index is 0.0388. The molecular formula is C24H40N2O3. The second kappa shape index (κ2) is 7.40. The monoisotopic (exact) mass is 404 g/mol. The Balaban J connectivity index is 1.70. The Morgan fingerprint density at radius 1 is 1.10 bits per heavy atom. The van der Waals surface area contributed by atoms with Gasteiger partial charge in [-0.2, -0.15) is 0 Å². The van der Waals surface area contributed by atoms with Gasteiger partial charge in [0.05, 0.1) is 5.60 Å². The number of carbonyl (C=O) groups excluding carboxylic acids is 2. The van der Waals surface area contributed by atoms with Crippen molar-refractivity contribution in [2.75, 3.05) is 0 Å². The molecule has 2 saturated carbocycles. The van der Waals surface area contributed by atoms with E-state index in [-0.39, 0.29) is 33.9 Å². The van der Waals surface area contributed by atoms with Gasteiger partial charge < -0.3 is 10.5 Å². The Labute approximate surface area is 176 Å². The van der Waals surface area contributed by atoms with E-state index in [0.29, 0.717) is 18.8 Å². The molecule has 4 atom stereocenters. The quantitative estimate of drug-likeness (QED) is 0.612. The van der Waals surface area contributed by atoms with E-state index in [0.717, 1.165) is 37.8 Å². The van der Waals surface area contributed by atoms with Crippen molar-refractivity contribution in [1.82, 2.24) is 10.9 Å². The lowest BCUT2D eigenvalue weighted by Crippen LogP contribution is -2.58. The fourth-order valence-electron chi connectivity index (χ4n) is 6.89. The molecule has 0 saturated heterocycles. The molecule has 0 aromatic carbocycles. The number of aliphatic hydroxyl groups is 1. The lowest BCUT2D eigenvalue weighted by atomic mass is 9.45. The summed E-state index contributed by atoms with van der Waals surface area (Å²) in [4.78, 5) is 24.8. The summed E-state index contributed by atoms with van der Waals surface area (Å²) in [7, 11) is 0. The van der Waals surface area contributed by atoms with Gasteiger partial charge in [0, 0.05) is 30.5 Å². The highest BCUT2D eigenvalue weighted by molar-refractivity contribution is 5.91. The number of fused-ring (bicyclic) bond motifs is 1. The SMILES string of the molecule is CC1(C)CC(=O)C=C(NNC(=O)C[C@H]2[C@@]3(C)CCCC(C)(C)[C@H]3CC[C@@]2(C)O)C1. The summed E-state index contributed by atoms with van der Waals surface area (Å²) in [5, 5.41) is 11.2. The maximum Gasteiger partial charge on any atom is 0.238 e. The molecule has 0 spiro atoms. The van der Waals surface area contributed by atoms with Gasteiger partial charge in [0.15, 0.2) is 5.78 Å². The molecule has 29 heavy (non-hydrogen) atoms. The van der Waals surface area contributed by atoms with Gasteiger partial charge in [-0.1, -0.05) is 41.0 Å². The zero-order valence-corrected chi connectivity index (χ0v) is 19.2. The van der Waals surface area contributed by atoms with E-state index >= 15 is 0 Å². The van der Waals surface area contributed by atoms with Crippen molar-refractivity contribution in [2.45, 2.75) is 98.5 Å². The fourth-order valence-corrected chi connectivity index (χ4v) is 6.89. The van der Waals surface area contributed by atoms with Crippen LogP contribution >= 0.6 is 0 Å². The van der Waals surface area contributed by atoms with E-state index in [2.05, 4.69) is 45.5 Å². The van der Waals surface area contributed by atoms with Gasteiger partial charge in [0.25, 0.3) is 0 Å². The summed E-state index contributed by atoms with van der Waals surface area (Å²) in [5.74, 6) is 0.424. The molecule has 3 aliphatic carbocycles. The molecular weight excluding hydrogens is 364 g/mol. The molecule has 5 nitrogen and oxygen atoms in total. The zero-order valence-electron chi connectivity index (χ0n) is 19.2. The first-order valence-electron chi connectivity index (χ1n) is 11.3. The molecule has 0 aromatic heterocycles. The van der Waals surface area contributed by atoms with Crippen molar-refractivity contribution in [3.05, 3.63) is 11.8 Å². The third-order valence-electron chi connectivity index (χ3n) is 8.17. The number of rotatable bonds is 4.